The van der Waals surface area contributed by atoms with Crippen molar-refractivity contribution in [3.05, 3.63) is 38.8 Å². The van der Waals surface area contributed by atoms with Crippen LogP contribution in [0.3, 0.4) is 0 Å². The minimum Gasteiger partial charge on any atom is -0.272 e. The van der Waals surface area contributed by atoms with Gasteiger partial charge in [0.1, 0.15) is 5.82 Å². The smallest absolute Gasteiger partial charge is 0.199 e. The van der Waals surface area contributed by atoms with E-state index in [9.17, 15) is 0 Å². The average Bonchev–Trinajstić information content (AvgIpc) is 2.64. The zero-order valence-corrected chi connectivity index (χ0v) is 11.5. The molecule has 16 heavy (non-hydrogen) atoms. The summed E-state index contributed by atoms with van der Waals surface area (Å²) in [4.78, 5) is 0. The topological polar surface area (TPSA) is 33.6 Å². The van der Waals surface area contributed by atoms with Crippen molar-refractivity contribution in [1.29, 1.82) is 0 Å². The molecular formula is C11H12BrN3S. The lowest BCUT2D eigenvalue weighted by atomic mass is 10.2. The SMILES string of the molecule is CCc1n[nH]c(=S)n1-c1ccc(C)c(Br)c1. The second-order valence-electron chi connectivity index (χ2n) is 3.57. The molecule has 1 N–H and O–H groups in total. The van der Waals surface area contributed by atoms with Gasteiger partial charge in [-0.25, -0.2) is 0 Å². The summed E-state index contributed by atoms with van der Waals surface area (Å²) >= 11 is 8.75. The Labute approximate surface area is 108 Å². The van der Waals surface area contributed by atoms with E-state index >= 15 is 0 Å². The fourth-order valence-electron chi connectivity index (χ4n) is 1.55. The van der Waals surface area contributed by atoms with Crippen molar-refractivity contribution < 1.29 is 0 Å². The van der Waals surface area contributed by atoms with Gasteiger partial charge in [-0.2, -0.15) is 5.10 Å². The molecule has 1 aromatic carbocycles. The number of hydrogen-bond acceptors (Lipinski definition) is 2. The van der Waals surface area contributed by atoms with Crippen LogP contribution in [0.25, 0.3) is 5.69 Å². The number of aryl methyl sites for hydroxylation is 2. The molecule has 0 saturated heterocycles. The number of H-pyrrole nitrogens is 1. The van der Waals surface area contributed by atoms with Gasteiger partial charge in [-0.3, -0.25) is 9.67 Å². The highest BCUT2D eigenvalue weighted by atomic mass is 79.9. The van der Waals surface area contributed by atoms with Crippen LogP contribution in [-0.4, -0.2) is 14.8 Å². The van der Waals surface area contributed by atoms with E-state index in [1.54, 1.807) is 0 Å². The summed E-state index contributed by atoms with van der Waals surface area (Å²) in [6.45, 7) is 4.12. The first-order valence-electron chi connectivity index (χ1n) is 5.06. The van der Waals surface area contributed by atoms with Crippen molar-refractivity contribution in [3.63, 3.8) is 0 Å². The summed E-state index contributed by atoms with van der Waals surface area (Å²) in [5, 5.41) is 7.01. The third-order valence-electron chi connectivity index (χ3n) is 2.47. The van der Waals surface area contributed by atoms with Gasteiger partial charge in [0.15, 0.2) is 4.77 Å². The lowest BCUT2D eigenvalue weighted by molar-refractivity contribution is 0.879. The summed E-state index contributed by atoms with van der Waals surface area (Å²) in [6, 6.07) is 6.16. The lowest BCUT2D eigenvalue weighted by Crippen LogP contribution is -2.00. The van der Waals surface area contributed by atoms with Gasteiger partial charge in [-0.05, 0) is 36.8 Å². The Kier molecular flexibility index (Phi) is 3.25. The maximum absolute atomic E-state index is 5.23. The van der Waals surface area contributed by atoms with Crippen LogP contribution < -0.4 is 0 Å². The highest BCUT2D eigenvalue weighted by molar-refractivity contribution is 9.10. The molecular weight excluding hydrogens is 286 g/mol. The lowest BCUT2D eigenvalue weighted by Gasteiger charge is -2.07. The van der Waals surface area contributed by atoms with Crippen molar-refractivity contribution in [3.8, 4) is 5.69 Å². The standard InChI is InChI=1S/C11H12BrN3S/c1-3-10-13-14-11(16)15(10)8-5-4-7(2)9(12)6-8/h4-6H,3H2,1-2H3,(H,14,16). The highest BCUT2D eigenvalue weighted by Gasteiger charge is 2.07. The zero-order chi connectivity index (χ0) is 11.7. The number of rotatable bonds is 2. The molecule has 0 amide bonds. The molecule has 3 nitrogen and oxygen atoms in total. The molecule has 1 heterocycles. The number of nitrogens with zero attached hydrogens (tertiary/aromatic N) is 2. The number of nitrogens with one attached hydrogen (secondary N) is 1. The van der Waals surface area contributed by atoms with Crippen molar-refractivity contribution in [2.24, 2.45) is 0 Å². The molecule has 2 rings (SSSR count). The van der Waals surface area contributed by atoms with E-state index in [-0.39, 0.29) is 0 Å². The Morgan fingerprint density at radius 2 is 2.25 bits per heavy atom. The Bertz CT molecular complexity index is 571. The van der Waals surface area contributed by atoms with Crippen LogP contribution in [0.1, 0.15) is 18.3 Å². The van der Waals surface area contributed by atoms with Gasteiger partial charge in [0, 0.05) is 10.9 Å². The number of benzene rings is 1. The predicted molar refractivity (Wildman–Crippen MR) is 70.6 cm³/mol. The fraction of sp³-hybridized carbons (Fsp3) is 0.273. The molecule has 0 atom stereocenters. The molecule has 0 fully saturated rings. The van der Waals surface area contributed by atoms with Gasteiger partial charge in [-0.1, -0.05) is 28.9 Å². The third-order valence-corrected chi connectivity index (χ3v) is 3.60. The van der Waals surface area contributed by atoms with Crippen LogP contribution in [0.5, 0.6) is 0 Å². The number of aromatic amines is 1. The maximum atomic E-state index is 5.23. The largest absolute Gasteiger partial charge is 0.272 e. The van der Waals surface area contributed by atoms with E-state index in [0.29, 0.717) is 4.77 Å². The monoisotopic (exact) mass is 297 g/mol. The number of aromatic nitrogens is 3. The van der Waals surface area contributed by atoms with Crippen molar-refractivity contribution in [1.82, 2.24) is 14.8 Å². The van der Waals surface area contributed by atoms with E-state index in [2.05, 4.69) is 52.1 Å². The van der Waals surface area contributed by atoms with Gasteiger partial charge < -0.3 is 0 Å². The Balaban J connectivity index is 2.62. The Hall–Kier alpha value is -0.940. The van der Waals surface area contributed by atoms with Crippen LogP contribution in [0.4, 0.5) is 0 Å². The maximum Gasteiger partial charge on any atom is 0.199 e. The van der Waals surface area contributed by atoms with E-state index in [1.807, 2.05) is 10.6 Å². The first-order valence-corrected chi connectivity index (χ1v) is 6.26. The van der Waals surface area contributed by atoms with Crippen LogP contribution in [0, 0.1) is 11.7 Å². The molecule has 0 saturated carbocycles. The second kappa shape index (κ2) is 4.51. The quantitative estimate of drug-likeness (QED) is 0.860. The molecule has 5 heteroatoms. The minimum atomic E-state index is 0.632. The van der Waals surface area contributed by atoms with Gasteiger partial charge in [0.25, 0.3) is 0 Å². The van der Waals surface area contributed by atoms with Crippen LogP contribution in [0.15, 0.2) is 22.7 Å². The summed E-state index contributed by atoms with van der Waals surface area (Å²) in [5.41, 5.74) is 2.24. The van der Waals surface area contributed by atoms with Crippen molar-refractivity contribution in [2.75, 3.05) is 0 Å². The molecule has 84 valence electrons. The molecule has 0 aliphatic rings. The molecule has 0 bridgehead atoms. The molecule has 0 unspecified atom stereocenters. The number of hydrogen-bond donors (Lipinski definition) is 1. The van der Waals surface area contributed by atoms with E-state index < -0.39 is 0 Å². The van der Waals surface area contributed by atoms with Gasteiger partial charge in [0.2, 0.25) is 0 Å². The Morgan fingerprint density at radius 1 is 1.50 bits per heavy atom. The van der Waals surface area contributed by atoms with Crippen molar-refractivity contribution >= 4 is 28.1 Å². The van der Waals surface area contributed by atoms with Gasteiger partial charge >= 0.3 is 0 Å². The first-order chi connectivity index (χ1) is 7.63. The summed E-state index contributed by atoms with van der Waals surface area (Å²) < 4.78 is 3.67. The second-order valence-corrected chi connectivity index (χ2v) is 4.81. The summed E-state index contributed by atoms with van der Waals surface area (Å²) in [7, 11) is 0. The van der Waals surface area contributed by atoms with E-state index in [0.717, 1.165) is 22.4 Å². The first kappa shape index (κ1) is 11.5. The Morgan fingerprint density at radius 3 is 2.88 bits per heavy atom. The predicted octanol–water partition coefficient (Wildman–Crippen LogP) is 3.56. The summed E-state index contributed by atoms with van der Waals surface area (Å²) in [6.07, 6.45) is 0.846. The molecule has 0 aliphatic heterocycles. The van der Waals surface area contributed by atoms with E-state index in [4.69, 9.17) is 12.2 Å². The molecule has 1 aromatic heterocycles. The van der Waals surface area contributed by atoms with Crippen molar-refractivity contribution in [2.45, 2.75) is 20.3 Å². The number of halogens is 1. The molecule has 0 aliphatic carbocycles. The normalized spacial score (nSPS) is 10.7. The zero-order valence-electron chi connectivity index (χ0n) is 9.12. The minimum absolute atomic E-state index is 0.632. The third kappa shape index (κ3) is 1.97. The van der Waals surface area contributed by atoms with E-state index in [1.165, 1.54) is 5.56 Å². The van der Waals surface area contributed by atoms with Crippen LogP contribution in [0.2, 0.25) is 0 Å². The fourth-order valence-corrected chi connectivity index (χ4v) is 2.18. The van der Waals surface area contributed by atoms with Crippen LogP contribution >= 0.6 is 28.1 Å². The molecule has 0 spiro atoms. The van der Waals surface area contributed by atoms with Crippen LogP contribution in [-0.2, 0) is 6.42 Å². The highest BCUT2D eigenvalue weighted by Crippen LogP contribution is 2.21. The molecule has 0 radical (unpaired) electrons. The molecule has 2 aromatic rings. The average molecular weight is 298 g/mol. The summed E-state index contributed by atoms with van der Waals surface area (Å²) in [5.74, 6) is 0.945. The van der Waals surface area contributed by atoms with Gasteiger partial charge in [-0.15, -0.1) is 0 Å². The van der Waals surface area contributed by atoms with Gasteiger partial charge in [0.05, 0.1) is 5.69 Å².